The van der Waals surface area contributed by atoms with E-state index in [4.69, 9.17) is 10.00 Å². The lowest BCUT2D eigenvalue weighted by Crippen LogP contribution is -2.28. The van der Waals surface area contributed by atoms with Crippen molar-refractivity contribution in [3.05, 3.63) is 47.3 Å². The topological polar surface area (TPSA) is 79.9 Å². The fourth-order valence-electron chi connectivity index (χ4n) is 1.84. The third-order valence-electron chi connectivity index (χ3n) is 2.94. The third kappa shape index (κ3) is 4.08. The molecule has 1 N–H and O–H groups in total. The zero-order chi connectivity index (χ0) is 15.2. The van der Waals surface area contributed by atoms with Crippen LogP contribution in [0.1, 0.15) is 16.8 Å². The normalized spacial score (nSPS) is 9.95. The number of amides is 1. The molecule has 2 aromatic rings. The molecule has 1 heterocycles. The molecule has 0 bridgehead atoms. The van der Waals surface area contributed by atoms with Gasteiger partial charge in [0.15, 0.2) is 6.61 Å². The van der Waals surface area contributed by atoms with Crippen molar-refractivity contribution in [2.45, 2.75) is 13.5 Å². The molecule has 0 saturated carbocycles. The van der Waals surface area contributed by atoms with E-state index in [2.05, 4.69) is 10.4 Å². The molecular formula is C15H16N4O2. The first-order chi connectivity index (χ1) is 10.1. The summed E-state index contributed by atoms with van der Waals surface area (Å²) in [5.74, 6) is 0.351. The maximum atomic E-state index is 11.7. The number of aromatic nitrogens is 2. The maximum Gasteiger partial charge on any atom is 0.258 e. The monoisotopic (exact) mass is 284 g/mol. The van der Waals surface area contributed by atoms with E-state index in [9.17, 15) is 4.79 Å². The van der Waals surface area contributed by atoms with Crippen molar-refractivity contribution in [2.24, 2.45) is 7.05 Å². The van der Waals surface area contributed by atoms with Crippen LogP contribution in [0.4, 0.5) is 0 Å². The highest BCUT2D eigenvalue weighted by atomic mass is 16.5. The number of rotatable bonds is 5. The van der Waals surface area contributed by atoms with Crippen LogP contribution in [0.5, 0.6) is 5.75 Å². The maximum absolute atomic E-state index is 11.7. The largest absolute Gasteiger partial charge is 0.484 e. The van der Waals surface area contributed by atoms with E-state index in [0.717, 1.165) is 11.3 Å². The van der Waals surface area contributed by atoms with Crippen LogP contribution in [-0.4, -0.2) is 22.3 Å². The van der Waals surface area contributed by atoms with Gasteiger partial charge in [0, 0.05) is 25.4 Å². The lowest BCUT2D eigenvalue weighted by Gasteiger charge is -2.07. The minimum atomic E-state index is -0.206. The summed E-state index contributed by atoms with van der Waals surface area (Å²) in [6.45, 7) is 2.26. The molecule has 1 amide bonds. The molecule has 0 spiro atoms. The van der Waals surface area contributed by atoms with E-state index in [1.54, 1.807) is 28.9 Å². The standard InChI is InChI=1S/C15H16N4O2/c1-11-13(9-19(2)18-11)8-17-15(20)10-21-14-5-3-12(7-16)4-6-14/h3-6,9H,8,10H2,1-2H3,(H,17,20). The molecule has 0 aliphatic heterocycles. The van der Waals surface area contributed by atoms with Crippen LogP contribution in [0.15, 0.2) is 30.5 Å². The van der Waals surface area contributed by atoms with E-state index in [1.165, 1.54) is 0 Å². The Bertz CT molecular complexity index is 668. The van der Waals surface area contributed by atoms with E-state index in [1.807, 2.05) is 26.2 Å². The van der Waals surface area contributed by atoms with Crippen LogP contribution in [-0.2, 0) is 18.4 Å². The molecule has 6 nitrogen and oxygen atoms in total. The summed E-state index contributed by atoms with van der Waals surface area (Å²) in [6.07, 6.45) is 1.87. The van der Waals surface area contributed by atoms with Gasteiger partial charge < -0.3 is 10.1 Å². The minimum Gasteiger partial charge on any atom is -0.484 e. The second kappa shape index (κ2) is 6.57. The molecule has 0 saturated heterocycles. The van der Waals surface area contributed by atoms with Crippen LogP contribution >= 0.6 is 0 Å². The molecule has 1 aromatic heterocycles. The van der Waals surface area contributed by atoms with E-state index in [0.29, 0.717) is 17.9 Å². The van der Waals surface area contributed by atoms with Crippen molar-refractivity contribution in [3.63, 3.8) is 0 Å². The number of carbonyl (C=O) groups is 1. The average Bonchev–Trinajstić information content (AvgIpc) is 2.81. The highest BCUT2D eigenvalue weighted by molar-refractivity contribution is 5.77. The van der Waals surface area contributed by atoms with Crippen molar-refractivity contribution < 1.29 is 9.53 Å². The molecular weight excluding hydrogens is 268 g/mol. The van der Waals surface area contributed by atoms with Gasteiger partial charge in [0.05, 0.1) is 17.3 Å². The molecule has 0 aliphatic rings. The van der Waals surface area contributed by atoms with Crippen LogP contribution in [0.3, 0.4) is 0 Å². The fraction of sp³-hybridized carbons (Fsp3) is 0.267. The Balaban J connectivity index is 1.79. The Morgan fingerprint density at radius 1 is 1.43 bits per heavy atom. The predicted octanol–water partition coefficient (Wildman–Crippen LogP) is 1.30. The average molecular weight is 284 g/mol. The molecule has 2 rings (SSSR count). The lowest BCUT2D eigenvalue weighted by molar-refractivity contribution is -0.123. The molecule has 21 heavy (non-hydrogen) atoms. The van der Waals surface area contributed by atoms with E-state index < -0.39 is 0 Å². The second-order valence-corrected chi connectivity index (χ2v) is 4.62. The first-order valence-corrected chi connectivity index (χ1v) is 6.47. The molecule has 0 unspecified atom stereocenters. The van der Waals surface area contributed by atoms with Gasteiger partial charge in [0.2, 0.25) is 0 Å². The molecule has 108 valence electrons. The van der Waals surface area contributed by atoms with Gasteiger partial charge in [-0.2, -0.15) is 10.4 Å². The first-order valence-electron chi connectivity index (χ1n) is 6.47. The number of hydrogen-bond donors (Lipinski definition) is 1. The number of nitriles is 1. The number of benzene rings is 1. The zero-order valence-electron chi connectivity index (χ0n) is 12.0. The number of hydrogen-bond acceptors (Lipinski definition) is 4. The number of nitrogens with zero attached hydrogens (tertiary/aromatic N) is 3. The highest BCUT2D eigenvalue weighted by Crippen LogP contribution is 2.11. The molecule has 1 aromatic carbocycles. The van der Waals surface area contributed by atoms with Crippen LogP contribution < -0.4 is 10.1 Å². The van der Waals surface area contributed by atoms with Crippen molar-refractivity contribution in [1.82, 2.24) is 15.1 Å². The Morgan fingerprint density at radius 3 is 2.71 bits per heavy atom. The predicted molar refractivity (Wildman–Crippen MR) is 76.4 cm³/mol. The Kier molecular flexibility index (Phi) is 4.57. The first kappa shape index (κ1) is 14.6. The summed E-state index contributed by atoms with van der Waals surface area (Å²) < 4.78 is 7.06. The third-order valence-corrected chi connectivity index (χ3v) is 2.94. The second-order valence-electron chi connectivity index (χ2n) is 4.62. The van der Waals surface area contributed by atoms with Crippen LogP contribution in [0.2, 0.25) is 0 Å². The quantitative estimate of drug-likeness (QED) is 0.897. The Labute approximate surface area is 123 Å². The van der Waals surface area contributed by atoms with Gasteiger partial charge in [-0.1, -0.05) is 0 Å². The number of nitrogens with one attached hydrogen (secondary N) is 1. The molecule has 0 aliphatic carbocycles. The van der Waals surface area contributed by atoms with Crippen molar-refractivity contribution >= 4 is 5.91 Å². The Morgan fingerprint density at radius 2 is 2.14 bits per heavy atom. The van der Waals surface area contributed by atoms with E-state index in [-0.39, 0.29) is 12.5 Å². The van der Waals surface area contributed by atoms with Crippen molar-refractivity contribution in [3.8, 4) is 11.8 Å². The zero-order valence-corrected chi connectivity index (χ0v) is 12.0. The molecule has 0 atom stereocenters. The summed E-state index contributed by atoms with van der Waals surface area (Å²) in [7, 11) is 1.84. The summed E-state index contributed by atoms with van der Waals surface area (Å²) in [4.78, 5) is 11.7. The number of ether oxygens (including phenoxy) is 1. The minimum absolute atomic E-state index is 0.0643. The van der Waals surface area contributed by atoms with E-state index >= 15 is 0 Å². The molecule has 0 fully saturated rings. The summed E-state index contributed by atoms with van der Waals surface area (Å²) in [5, 5.41) is 15.7. The summed E-state index contributed by atoms with van der Waals surface area (Å²) in [6, 6.07) is 8.64. The number of aryl methyl sites for hydroxylation is 2. The van der Waals surface area contributed by atoms with Crippen molar-refractivity contribution in [1.29, 1.82) is 5.26 Å². The lowest BCUT2D eigenvalue weighted by atomic mass is 10.2. The van der Waals surface area contributed by atoms with Gasteiger partial charge in [-0.3, -0.25) is 9.48 Å². The number of carbonyl (C=O) groups excluding carboxylic acids is 1. The fourth-order valence-corrected chi connectivity index (χ4v) is 1.84. The van der Waals surface area contributed by atoms with Crippen molar-refractivity contribution in [2.75, 3.05) is 6.61 Å². The Hall–Kier alpha value is -2.81. The van der Waals surface area contributed by atoms with Gasteiger partial charge in [0.1, 0.15) is 5.75 Å². The van der Waals surface area contributed by atoms with Gasteiger partial charge in [-0.25, -0.2) is 0 Å². The molecule has 0 radical (unpaired) electrons. The summed E-state index contributed by atoms with van der Waals surface area (Å²) >= 11 is 0. The van der Waals surface area contributed by atoms with Gasteiger partial charge in [-0.15, -0.1) is 0 Å². The van der Waals surface area contributed by atoms with Crippen LogP contribution in [0, 0.1) is 18.3 Å². The SMILES string of the molecule is Cc1nn(C)cc1CNC(=O)COc1ccc(C#N)cc1. The molecule has 6 heteroatoms. The van der Waals surface area contributed by atoms with Gasteiger partial charge in [-0.05, 0) is 31.2 Å². The smallest absolute Gasteiger partial charge is 0.258 e. The van der Waals surface area contributed by atoms with Gasteiger partial charge >= 0.3 is 0 Å². The van der Waals surface area contributed by atoms with Gasteiger partial charge in [0.25, 0.3) is 5.91 Å². The van der Waals surface area contributed by atoms with Crippen LogP contribution in [0.25, 0.3) is 0 Å². The highest BCUT2D eigenvalue weighted by Gasteiger charge is 2.06. The summed E-state index contributed by atoms with van der Waals surface area (Å²) in [5.41, 5.74) is 2.42.